The van der Waals surface area contributed by atoms with Gasteiger partial charge in [0.15, 0.2) is 0 Å². The summed E-state index contributed by atoms with van der Waals surface area (Å²) in [6, 6.07) is 0. The summed E-state index contributed by atoms with van der Waals surface area (Å²) in [7, 11) is 0. The fraction of sp³-hybridized carbons (Fsp3) is 0.636. The van der Waals surface area contributed by atoms with Gasteiger partial charge in [-0.1, -0.05) is 79.1 Å². The maximum Gasteiger partial charge on any atom is 2.00 e. The van der Waals surface area contributed by atoms with E-state index in [-0.39, 0.29) is 55.7 Å². The van der Waals surface area contributed by atoms with Crippen molar-refractivity contribution in [1.29, 1.82) is 0 Å². The zero-order valence-corrected chi connectivity index (χ0v) is 22.2. The van der Waals surface area contributed by atoms with Crippen LogP contribution in [0.15, 0.2) is 34.4 Å². The van der Waals surface area contributed by atoms with Crippen molar-refractivity contribution >= 4 is 34.0 Å². The quantitative estimate of drug-likeness (QED) is 0.268. The van der Waals surface area contributed by atoms with Crippen LogP contribution >= 0.6 is 34.0 Å². The van der Waals surface area contributed by atoms with Crippen LogP contribution in [0, 0.1) is 35.8 Å². The molecule has 0 unspecified atom stereocenters. The van der Waals surface area contributed by atoms with Gasteiger partial charge in [0.05, 0.1) is 0 Å². The predicted molar refractivity (Wildman–Crippen MR) is 119 cm³/mol. The number of hydrogen-bond donors (Lipinski definition) is 0. The van der Waals surface area contributed by atoms with Gasteiger partial charge in [-0.15, -0.1) is 46.8 Å². The summed E-state index contributed by atoms with van der Waals surface area (Å²) in [6.07, 6.45) is 13.5. The molecule has 0 amide bonds. The molecular formula is C22H36Br2Ti. The van der Waals surface area contributed by atoms with E-state index in [1.165, 1.54) is 22.3 Å². The minimum Gasteiger partial charge on any atom is -0.269 e. The number of hydrogen-bond acceptors (Lipinski definition) is 0. The van der Waals surface area contributed by atoms with Crippen LogP contribution in [0.1, 0.15) is 68.2 Å². The molecule has 3 heteroatoms. The standard InChI is InChI=1S/2C11H17.2BrH.Ti/c2*1-8(2)10-6-5-7-11(10)9(3)4;;;/h2*6,8-9H,5H2,1-4H3;2*1H;/q2*-1;;;+2. The van der Waals surface area contributed by atoms with Gasteiger partial charge in [-0.3, -0.25) is 12.2 Å². The van der Waals surface area contributed by atoms with Crippen LogP contribution in [-0.4, -0.2) is 0 Å². The predicted octanol–water partition coefficient (Wildman–Crippen LogP) is 7.87. The summed E-state index contributed by atoms with van der Waals surface area (Å²) in [5.74, 6) is 2.63. The summed E-state index contributed by atoms with van der Waals surface area (Å²) in [5.41, 5.74) is 5.92. The van der Waals surface area contributed by atoms with Gasteiger partial charge >= 0.3 is 21.7 Å². The first-order valence-corrected chi connectivity index (χ1v) is 8.87. The van der Waals surface area contributed by atoms with Crippen molar-refractivity contribution in [2.24, 2.45) is 23.7 Å². The summed E-state index contributed by atoms with van der Waals surface area (Å²) in [5, 5.41) is 0. The molecule has 142 valence electrons. The molecular weight excluding hydrogens is 472 g/mol. The fourth-order valence-corrected chi connectivity index (χ4v) is 3.13. The van der Waals surface area contributed by atoms with Crippen LogP contribution < -0.4 is 0 Å². The van der Waals surface area contributed by atoms with E-state index in [0.29, 0.717) is 23.7 Å². The van der Waals surface area contributed by atoms with Gasteiger partial charge in [-0.05, 0) is 0 Å². The van der Waals surface area contributed by atoms with E-state index in [2.05, 4.69) is 79.7 Å². The van der Waals surface area contributed by atoms with Crippen LogP contribution in [0.2, 0.25) is 0 Å². The largest absolute Gasteiger partial charge is 2.00 e. The Balaban J connectivity index is -0.000000346. The third-order valence-corrected chi connectivity index (χ3v) is 4.25. The molecule has 2 aliphatic rings. The van der Waals surface area contributed by atoms with E-state index in [1.54, 1.807) is 0 Å². The van der Waals surface area contributed by atoms with Crippen molar-refractivity contribution in [3.8, 4) is 0 Å². The molecule has 0 heterocycles. The van der Waals surface area contributed by atoms with E-state index in [1.807, 2.05) is 0 Å². The summed E-state index contributed by atoms with van der Waals surface area (Å²) < 4.78 is 0. The van der Waals surface area contributed by atoms with Crippen LogP contribution in [0.25, 0.3) is 0 Å². The molecule has 0 aromatic rings. The van der Waals surface area contributed by atoms with Gasteiger partial charge in [0.2, 0.25) is 0 Å². The minimum atomic E-state index is 0. The smallest absolute Gasteiger partial charge is 0.269 e. The topological polar surface area (TPSA) is 0 Å². The molecule has 0 saturated carbocycles. The molecule has 0 radical (unpaired) electrons. The van der Waals surface area contributed by atoms with Gasteiger partial charge in [-0.2, -0.15) is 23.3 Å². The second kappa shape index (κ2) is 14.7. The number of rotatable bonds is 4. The maximum absolute atomic E-state index is 3.41. The van der Waals surface area contributed by atoms with E-state index < -0.39 is 0 Å². The van der Waals surface area contributed by atoms with Crippen LogP contribution in [0.4, 0.5) is 0 Å². The maximum atomic E-state index is 3.41. The fourth-order valence-electron chi connectivity index (χ4n) is 3.13. The average Bonchev–Trinajstić information content (AvgIpc) is 3.08. The van der Waals surface area contributed by atoms with E-state index >= 15 is 0 Å². The van der Waals surface area contributed by atoms with Gasteiger partial charge < -0.3 is 0 Å². The number of halogens is 2. The molecule has 0 fully saturated rings. The average molecular weight is 508 g/mol. The van der Waals surface area contributed by atoms with Gasteiger partial charge in [0, 0.05) is 0 Å². The molecule has 0 aromatic heterocycles. The second-order valence-corrected chi connectivity index (χ2v) is 7.53. The zero-order chi connectivity index (χ0) is 16.9. The van der Waals surface area contributed by atoms with Crippen molar-refractivity contribution in [2.75, 3.05) is 0 Å². The molecule has 0 N–H and O–H groups in total. The van der Waals surface area contributed by atoms with Gasteiger partial charge in [0.1, 0.15) is 0 Å². The second-order valence-electron chi connectivity index (χ2n) is 7.53. The van der Waals surface area contributed by atoms with E-state index in [0.717, 1.165) is 12.8 Å². The molecule has 0 saturated heterocycles. The normalized spacial score (nSPS) is 15.5. The zero-order valence-electron chi connectivity index (χ0n) is 17.2. The molecule has 2 aliphatic carbocycles. The van der Waals surface area contributed by atoms with Crippen LogP contribution in [-0.2, 0) is 21.7 Å². The molecule has 0 bridgehead atoms. The first-order valence-electron chi connectivity index (χ1n) is 8.87. The summed E-state index contributed by atoms with van der Waals surface area (Å²) >= 11 is 0. The third-order valence-electron chi connectivity index (χ3n) is 4.25. The molecule has 0 spiro atoms. The number of allylic oxidation sites excluding steroid dienone is 8. The van der Waals surface area contributed by atoms with Crippen molar-refractivity contribution in [3.63, 3.8) is 0 Å². The molecule has 2 rings (SSSR count). The molecule has 0 atom stereocenters. The van der Waals surface area contributed by atoms with Crippen molar-refractivity contribution in [1.82, 2.24) is 0 Å². The van der Waals surface area contributed by atoms with E-state index in [4.69, 9.17) is 0 Å². The SMILES string of the molecule is Br.Br.CC(C)C1=[C-]CC=C1C(C)C.CC(C)C1=[C-]CC=C1C(C)C.[Ti+2]. The monoisotopic (exact) mass is 506 g/mol. The Labute approximate surface area is 193 Å². The first kappa shape index (κ1) is 30.4. The summed E-state index contributed by atoms with van der Waals surface area (Å²) in [6.45, 7) is 18.0. The Kier molecular flexibility index (Phi) is 17.8. The van der Waals surface area contributed by atoms with Crippen molar-refractivity contribution < 1.29 is 21.7 Å². The summed E-state index contributed by atoms with van der Waals surface area (Å²) in [4.78, 5) is 0. The Morgan fingerprint density at radius 2 is 0.880 bits per heavy atom. The molecule has 0 aromatic carbocycles. The minimum absolute atomic E-state index is 0. The van der Waals surface area contributed by atoms with Gasteiger partial charge in [0.25, 0.3) is 0 Å². The molecule has 0 nitrogen and oxygen atoms in total. The third kappa shape index (κ3) is 9.40. The van der Waals surface area contributed by atoms with Crippen LogP contribution in [0.5, 0.6) is 0 Å². The van der Waals surface area contributed by atoms with Crippen molar-refractivity contribution in [2.45, 2.75) is 68.2 Å². The Bertz CT molecular complexity index is 402. The van der Waals surface area contributed by atoms with Crippen LogP contribution in [0.3, 0.4) is 0 Å². The Hall–Kier alpha value is 0.634. The molecule has 0 aliphatic heterocycles. The first-order chi connectivity index (χ1) is 10.3. The van der Waals surface area contributed by atoms with Crippen molar-refractivity contribution in [3.05, 3.63) is 46.6 Å². The Morgan fingerprint density at radius 1 is 0.600 bits per heavy atom. The Morgan fingerprint density at radius 3 is 1.04 bits per heavy atom. The van der Waals surface area contributed by atoms with E-state index in [9.17, 15) is 0 Å². The van der Waals surface area contributed by atoms with Gasteiger partial charge in [-0.25, -0.2) is 11.1 Å². The molecule has 25 heavy (non-hydrogen) atoms.